The van der Waals surface area contributed by atoms with Crippen LogP contribution < -0.4 is 10.6 Å². The lowest BCUT2D eigenvalue weighted by atomic mass is 10.2. The fourth-order valence-electron chi connectivity index (χ4n) is 2.61. The van der Waals surface area contributed by atoms with E-state index in [0.717, 1.165) is 45.2 Å². The van der Waals surface area contributed by atoms with Gasteiger partial charge in [-0.3, -0.25) is 4.79 Å². The van der Waals surface area contributed by atoms with Gasteiger partial charge >= 0.3 is 5.97 Å². The number of rotatable bonds is 15. The second-order valence-electron chi connectivity index (χ2n) is 9.71. The number of carbonyl (C=O) groups is 2. The van der Waals surface area contributed by atoms with Gasteiger partial charge in [0, 0.05) is 13.0 Å². The van der Waals surface area contributed by atoms with Crippen LogP contribution >= 0.6 is 0 Å². The predicted molar refractivity (Wildman–Crippen MR) is 144 cm³/mol. The summed E-state index contributed by atoms with van der Waals surface area (Å²) in [6.45, 7) is 28.9. The van der Waals surface area contributed by atoms with E-state index in [1.165, 1.54) is 0 Å². The van der Waals surface area contributed by atoms with E-state index in [4.69, 9.17) is 8.85 Å². The summed E-state index contributed by atoms with van der Waals surface area (Å²) in [6, 6.07) is 0. The molecule has 6 nitrogen and oxygen atoms in total. The van der Waals surface area contributed by atoms with Crippen molar-refractivity contribution in [3.8, 4) is 0 Å². The molecule has 0 aliphatic heterocycles. The first-order chi connectivity index (χ1) is 14.7. The number of Topliss-reactive ketones (excluding diaryl/α,β-unsaturated/α-hetero) is 1. The van der Waals surface area contributed by atoms with Gasteiger partial charge in [0.25, 0.3) is 0 Å². The lowest BCUT2D eigenvalue weighted by Crippen LogP contribution is -2.39. The van der Waals surface area contributed by atoms with E-state index in [-0.39, 0.29) is 17.7 Å². The van der Waals surface area contributed by atoms with E-state index in [2.05, 4.69) is 63.1 Å². The highest BCUT2D eigenvalue weighted by molar-refractivity contribution is 6.83. The molecule has 0 bridgehead atoms. The highest BCUT2D eigenvalue weighted by atomic mass is 28.4. The fourth-order valence-corrected chi connectivity index (χ4v) is 9.95. The van der Waals surface area contributed by atoms with Gasteiger partial charge in [-0.2, -0.15) is 0 Å². The molecule has 0 aliphatic carbocycles. The zero-order chi connectivity index (χ0) is 25.6. The van der Waals surface area contributed by atoms with Crippen LogP contribution in [0, 0.1) is 5.92 Å². The minimum atomic E-state index is -1.23. The molecule has 8 heteroatoms. The molecule has 0 heterocycles. The summed E-state index contributed by atoms with van der Waals surface area (Å²) in [5, 5.41) is 6.54. The van der Waals surface area contributed by atoms with Gasteiger partial charge in [-0.25, -0.2) is 0 Å². The molecule has 190 valence electrons. The Hall–Kier alpha value is -1.07. The summed E-state index contributed by atoms with van der Waals surface area (Å²) in [5.74, 6) is -0.155. The van der Waals surface area contributed by atoms with E-state index >= 15 is 0 Å². The number of unbranched alkanes of at least 4 members (excludes halogenated alkanes) is 1. The van der Waals surface area contributed by atoms with Crippen LogP contribution in [0.5, 0.6) is 0 Å². The molecule has 0 rings (SSSR count). The van der Waals surface area contributed by atoms with Crippen LogP contribution in [0.1, 0.15) is 46.5 Å². The van der Waals surface area contributed by atoms with Gasteiger partial charge in [0.1, 0.15) is 5.78 Å². The van der Waals surface area contributed by atoms with Gasteiger partial charge in [-0.15, -0.1) is 6.58 Å². The van der Waals surface area contributed by atoms with Gasteiger partial charge in [-0.1, -0.05) is 19.6 Å². The zero-order valence-corrected chi connectivity index (χ0v) is 24.4. The van der Waals surface area contributed by atoms with Crippen LogP contribution in [-0.4, -0.2) is 54.6 Å². The van der Waals surface area contributed by atoms with Crippen LogP contribution in [0.15, 0.2) is 25.5 Å². The lowest BCUT2D eigenvalue weighted by Gasteiger charge is -2.27. The first-order valence-corrected chi connectivity index (χ1v) is 18.5. The second kappa shape index (κ2) is 21.8. The Morgan fingerprint density at radius 1 is 0.906 bits per heavy atom. The summed E-state index contributed by atoms with van der Waals surface area (Å²) in [4.78, 5) is 22.0. The molecular formula is C24H52N2O4Si2. The van der Waals surface area contributed by atoms with Crippen LogP contribution in [0.2, 0.25) is 39.3 Å². The molecule has 0 saturated heterocycles. The molecule has 0 radical (unpaired) electrons. The smallest absolute Gasteiger partial charge is 0.314 e. The Morgan fingerprint density at radius 2 is 1.34 bits per heavy atom. The Balaban J connectivity index is -0.000000580. The predicted octanol–water partition coefficient (Wildman–Crippen LogP) is 5.50. The van der Waals surface area contributed by atoms with Crippen molar-refractivity contribution >= 4 is 28.4 Å². The maximum Gasteiger partial charge on any atom is 0.314 e. The van der Waals surface area contributed by atoms with Crippen molar-refractivity contribution in [3.05, 3.63) is 25.5 Å². The maximum absolute atomic E-state index is 11.3. The SMILES string of the molecule is C=CC.C=COC(=O)C(C)CNCCCCNCCCC(C)=O.C[Si](C)(C)O[Si](C)(C)C. The van der Waals surface area contributed by atoms with Gasteiger partial charge in [0.05, 0.1) is 12.2 Å². The molecule has 0 amide bonds. The molecule has 0 saturated carbocycles. The highest BCUT2D eigenvalue weighted by Gasteiger charge is 2.24. The molecule has 0 aromatic rings. The van der Waals surface area contributed by atoms with E-state index in [0.29, 0.717) is 13.0 Å². The van der Waals surface area contributed by atoms with E-state index in [1.807, 2.05) is 13.8 Å². The first kappa shape index (κ1) is 35.5. The quantitative estimate of drug-likeness (QED) is 0.104. The molecule has 0 fully saturated rings. The number of esters is 1. The summed E-state index contributed by atoms with van der Waals surface area (Å²) >= 11 is 0. The third-order valence-electron chi connectivity index (χ3n) is 3.50. The standard InChI is InChI=1S/C15H28N2O3.C6H18OSi2.C3H6/c1-4-20-15(19)13(2)12-17-10-6-5-9-16-11-7-8-14(3)18;1-8(2,3)7-9(4,5)6;1-3-2/h4,13,16-17H,1,5-12H2,2-3H3;1-6H3;3H,1H2,2H3. The Labute approximate surface area is 200 Å². The van der Waals surface area contributed by atoms with Crippen LogP contribution in [-0.2, 0) is 18.4 Å². The maximum atomic E-state index is 11.3. The molecule has 0 aromatic heterocycles. The molecule has 2 N–H and O–H groups in total. The number of ether oxygens (including phenoxy) is 1. The Morgan fingerprint density at radius 3 is 1.72 bits per heavy atom. The molecule has 1 unspecified atom stereocenters. The average molecular weight is 489 g/mol. The van der Waals surface area contributed by atoms with Crippen LogP contribution in [0.3, 0.4) is 0 Å². The van der Waals surface area contributed by atoms with Crippen molar-refractivity contribution in [1.82, 2.24) is 10.6 Å². The third kappa shape index (κ3) is 36.3. The van der Waals surface area contributed by atoms with Crippen molar-refractivity contribution in [3.63, 3.8) is 0 Å². The van der Waals surface area contributed by atoms with Gasteiger partial charge < -0.3 is 24.3 Å². The monoisotopic (exact) mass is 488 g/mol. The van der Waals surface area contributed by atoms with Crippen LogP contribution in [0.4, 0.5) is 0 Å². The van der Waals surface area contributed by atoms with E-state index in [9.17, 15) is 9.59 Å². The second-order valence-corrected chi connectivity index (χ2v) is 19.0. The van der Waals surface area contributed by atoms with Gasteiger partial charge in [0.15, 0.2) is 16.6 Å². The number of hydrogen-bond acceptors (Lipinski definition) is 6. The summed E-state index contributed by atoms with van der Waals surface area (Å²) in [7, 11) is -2.46. The summed E-state index contributed by atoms with van der Waals surface area (Å²) < 4.78 is 10.6. The Bertz CT molecular complexity index is 489. The van der Waals surface area contributed by atoms with Crippen molar-refractivity contribution in [2.75, 3.05) is 26.2 Å². The normalized spacial score (nSPS) is 11.8. The largest absolute Gasteiger partial charge is 0.456 e. The fraction of sp³-hybridized carbons (Fsp3) is 0.750. The lowest BCUT2D eigenvalue weighted by molar-refractivity contribution is -0.141. The first-order valence-electron chi connectivity index (χ1n) is 11.7. The van der Waals surface area contributed by atoms with Crippen molar-refractivity contribution in [2.24, 2.45) is 5.92 Å². The molecule has 0 spiro atoms. The molecular weight excluding hydrogens is 436 g/mol. The van der Waals surface area contributed by atoms with Gasteiger partial charge in [0.2, 0.25) is 0 Å². The number of nitrogens with one attached hydrogen (secondary N) is 2. The number of carbonyl (C=O) groups excluding carboxylic acids is 2. The third-order valence-corrected chi connectivity index (χ3v) is 8.40. The number of allylic oxidation sites excluding steroid dienone is 1. The van der Waals surface area contributed by atoms with Gasteiger partial charge in [-0.05, 0) is 92.0 Å². The minimum absolute atomic E-state index is 0.155. The summed E-state index contributed by atoms with van der Waals surface area (Å²) in [6.07, 6.45) is 6.63. The van der Waals surface area contributed by atoms with Crippen molar-refractivity contribution in [2.45, 2.75) is 85.7 Å². The number of hydrogen-bond donors (Lipinski definition) is 2. The van der Waals surface area contributed by atoms with E-state index < -0.39 is 16.6 Å². The summed E-state index contributed by atoms with van der Waals surface area (Å²) in [5.41, 5.74) is 0. The van der Waals surface area contributed by atoms with Crippen molar-refractivity contribution < 1.29 is 18.4 Å². The zero-order valence-electron chi connectivity index (χ0n) is 22.4. The molecule has 0 aliphatic rings. The topological polar surface area (TPSA) is 76.7 Å². The van der Waals surface area contributed by atoms with Crippen LogP contribution in [0.25, 0.3) is 0 Å². The highest BCUT2D eigenvalue weighted by Crippen LogP contribution is 2.12. The Kier molecular flexibility index (Phi) is 24.2. The van der Waals surface area contributed by atoms with E-state index in [1.54, 1.807) is 13.0 Å². The molecule has 1 atom stereocenters. The molecule has 32 heavy (non-hydrogen) atoms. The number of ketones is 1. The van der Waals surface area contributed by atoms with Crippen molar-refractivity contribution in [1.29, 1.82) is 0 Å². The average Bonchev–Trinajstić information content (AvgIpc) is 2.61. The molecule has 0 aromatic carbocycles. The minimum Gasteiger partial charge on any atom is -0.456 e.